The van der Waals surface area contributed by atoms with E-state index in [4.69, 9.17) is 0 Å². The van der Waals surface area contributed by atoms with E-state index >= 15 is 0 Å². The Morgan fingerprint density at radius 1 is 1.56 bits per heavy atom. The normalized spacial score (nSPS) is 10.1. The van der Waals surface area contributed by atoms with E-state index in [1.807, 2.05) is 0 Å². The minimum absolute atomic E-state index is 0.0668. The van der Waals surface area contributed by atoms with Crippen LogP contribution in [0.15, 0.2) is 18.5 Å². The third-order valence-corrected chi connectivity index (χ3v) is 2.49. The molecule has 5 nitrogen and oxygen atoms in total. The van der Waals surface area contributed by atoms with Gasteiger partial charge in [-0.05, 0) is 13.0 Å². The molecule has 0 aliphatic rings. The first-order valence-corrected chi connectivity index (χ1v) is 5.15. The van der Waals surface area contributed by atoms with Crippen molar-refractivity contribution in [2.24, 2.45) is 0 Å². The van der Waals surface area contributed by atoms with E-state index in [0.717, 1.165) is 17.7 Å². The number of aromatic nitrogens is 3. The Balaban J connectivity index is 2.18. The van der Waals surface area contributed by atoms with Gasteiger partial charge in [0.15, 0.2) is 5.82 Å². The maximum Gasteiger partial charge on any atom is 0.260 e. The van der Waals surface area contributed by atoms with Crippen molar-refractivity contribution in [3.63, 3.8) is 0 Å². The Labute approximate surface area is 94.5 Å². The number of aryl methyl sites for hydroxylation is 1. The Bertz CT molecular complexity index is 528. The van der Waals surface area contributed by atoms with E-state index in [2.05, 4.69) is 19.7 Å². The van der Waals surface area contributed by atoms with Gasteiger partial charge < -0.3 is 0 Å². The topological polar surface area (TPSA) is 67.8 Å². The number of amides is 1. The number of hydrogen-bond donors (Lipinski definition) is 1. The molecule has 1 N–H and O–H groups in total. The highest BCUT2D eigenvalue weighted by Gasteiger charge is 2.13. The van der Waals surface area contributed by atoms with E-state index < -0.39 is 11.7 Å². The first-order valence-electron chi connectivity index (χ1n) is 4.38. The maximum atomic E-state index is 13.2. The molecule has 0 saturated carbocycles. The van der Waals surface area contributed by atoms with Crippen molar-refractivity contribution in [2.75, 3.05) is 5.32 Å². The summed E-state index contributed by atoms with van der Waals surface area (Å²) in [4.78, 5) is 19.1. The highest BCUT2D eigenvalue weighted by atomic mass is 32.1. The molecule has 82 valence electrons. The molecule has 0 spiro atoms. The minimum atomic E-state index is -0.666. The van der Waals surface area contributed by atoms with E-state index in [0.29, 0.717) is 11.0 Å². The molecule has 0 aliphatic heterocycles. The monoisotopic (exact) mass is 238 g/mol. The van der Waals surface area contributed by atoms with Gasteiger partial charge in [-0.3, -0.25) is 15.1 Å². The summed E-state index contributed by atoms with van der Waals surface area (Å²) in [5, 5.41) is 2.80. The summed E-state index contributed by atoms with van der Waals surface area (Å²) in [5.41, 5.74) is -0.0668. The average molecular weight is 238 g/mol. The van der Waals surface area contributed by atoms with Gasteiger partial charge in [0.25, 0.3) is 5.91 Å². The van der Waals surface area contributed by atoms with Gasteiger partial charge in [-0.15, -0.1) is 0 Å². The summed E-state index contributed by atoms with van der Waals surface area (Å²) < 4.78 is 17.1. The molecule has 7 heteroatoms. The predicted molar refractivity (Wildman–Crippen MR) is 56.8 cm³/mol. The van der Waals surface area contributed by atoms with E-state index in [1.54, 1.807) is 6.92 Å². The molecule has 2 aromatic heterocycles. The Kier molecular flexibility index (Phi) is 2.86. The number of carbonyl (C=O) groups excluding carboxylic acids is 1. The van der Waals surface area contributed by atoms with Gasteiger partial charge in [-0.1, -0.05) is 0 Å². The number of carbonyl (C=O) groups is 1. The lowest BCUT2D eigenvalue weighted by atomic mass is 10.2. The molecule has 0 unspecified atom stereocenters. The first-order chi connectivity index (χ1) is 7.66. The standard InChI is InChI=1S/C9H7FN4OS/c1-5-12-9(16-14-5)13-8(15)6-2-3-11-4-7(6)10/h2-4H,1H3,(H,12,13,14,15). The van der Waals surface area contributed by atoms with E-state index in [-0.39, 0.29) is 5.56 Å². The number of hydrogen-bond acceptors (Lipinski definition) is 5. The van der Waals surface area contributed by atoms with Crippen LogP contribution in [0.5, 0.6) is 0 Å². The van der Waals surface area contributed by atoms with Crippen molar-refractivity contribution in [1.82, 2.24) is 14.3 Å². The highest BCUT2D eigenvalue weighted by molar-refractivity contribution is 7.09. The van der Waals surface area contributed by atoms with Crippen molar-refractivity contribution in [1.29, 1.82) is 0 Å². The number of nitrogens with one attached hydrogen (secondary N) is 1. The highest BCUT2D eigenvalue weighted by Crippen LogP contribution is 2.13. The van der Waals surface area contributed by atoms with Crippen molar-refractivity contribution in [3.05, 3.63) is 35.7 Å². The van der Waals surface area contributed by atoms with Gasteiger partial charge in [0.1, 0.15) is 5.82 Å². The fourth-order valence-corrected chi connectivity index (χ4v) is 1.64. The number of halogens is 1. The van der Waals surface area contributed by atoms with Gasteiger partial charge in [0.05, 0.1) is 11.8 Å². The molecule has 2 aromatic rings. The van der Waals surface area contributed by atoms with Crippen LogP contribution in [0.2, 0.25) is 0 Å². The van der Waals surface area contributed by atoms with Gasteiger partial charge in [-0.25, -0.2) is 9.37 Å². The summed E-state index contributed by atoms with van der Waals surface area (Å²) in [6.07, 6.45) is 2.34. The van der Waals surface area contributed by atoms with Crippen molar-refractivity contribution in [3.8, 4) is 0 Å². The third kappa shape index (κ3) is 2.19. The molecule has 0 fully saturated rings. The zero-order chi connectivity index (χ0) is 11.5. The molecule has 0 atom stereocenters. The molecule has 2 rings (SSSR count). The lowest BCUT2D eigenvalue weighted by molar-refractivity contribution is 0.102. The predicted octanol–water partition coefficient (Wildman–Crippen LogP) is 1.63. The van der Waals surface area contributed by atoms with Gasteiger partial charge in [0.2, 0.25) is 5.13 Å². The van der Waals surface area contributed by atoms with E-state index in [1.165, 1.54) is 12.3 Å². The van der Waals surface area contributed by atoms with E-state index in [9.17, 15) is 9.18 Å². The number of nitrogens with zero attached hydrogens (tertiary/aromatic N) is 3. The first kappa shape index (κ1) is 10.6. The number of rotatable bonds is 2. The van der Waals surface area contributed by atoms with Crippen LogP contribution in [0.25, 0.3) is 0 Å². The average Bonchev–Trinajstić information content (AvgIpc) is 2.64. The Morgan fingerprint density at radius 3 is 3.00 bits per heavy atom. The summed E-state index contributed by atoms with van der Waals surface area (Å²) in [5.74, 6) is -0.659. The Hall–Kier alpha value is -1.89. The fraction of sp³-hybridized carbons (Fsp3) is 0.111. The molecule has 0 radical (unpaired) electrons. The molecule has 16 heavy (non-hydrogen) atoms. The summed E-state index contributed by atoms with van der Waals surface area (Å²) >= 11 is 1.05. The molecular formula is C9H7FN4OS. The van der Waals surface area contributed by atoms with Crippen LogP contribution in [-0.2, 0) is 0 Å². The zero-order valence-electron chi connectivity index (χ0n) is 8.27. The largest absolute Gasteiger partial charge is 0.296 e. The van der Waals surface area contributed by atoms with Gasteiger partial charge in [-0.2, -0.15) is 4.37 Å². The molecule has 0 bridgehead atoms. The van der Waals surface area contributed by atoms with Gasteiger partial charge in [0, 0.05) is 17.7 Å². The quantitative estimate of drug-likeness (QED) is 0.863. The van der Waals surface area contributed by atoms with Crippen molar-refractivity contribution >= 4 is 22.6 Å². The maximum absolute atomic E-state index is 13.2. The van der Waals surface area contributed by atoms with Crippen LogP contribution in [0.3, 0.4) is 0 Å². The summed E-state index contributed by atoms with van der Waals surface area (Å²) in [6.45, 7) is 1.71. The second kappa shape index (κ2) is 4.31. The molecule has 1 amide bonds. The molecule has 0 aromatic carbocycles. The van der Waals surface area contributed by atoms with Crippen LogP contribution >= 0.6 is 11.5 Å². The molecule has 0 saturated heterocycles. The third-order valence-electron chi connectivity index (χ3n) is 1.77. The lowest BCUT2D eigenvalue weighted by Gasteiger charge is -2.01. The molecule has 0 aliphatic carbocycles. The summed E-state index contributed by atoms with van der Waals surface area (Å²) in [6, 6.07) is 1.30. The van der Waals surface area contributed by atoms with Crippen molar-refractivity contribution < 1.29 is 9.18 Å². The fourth-order valence-electron chi connectivity index (χ4n) is 1.07. The SMILES string of the molecule is Cc1nsc(NC(=O)c2ccncc2F)n1. The van der Waals surface area contributed by atoms with Gasteiger partial charge >= 0.3 is 0 Å². The number of pyridine rings is 1. The van der Waals surface area contributed by atoms with Crippen LogP contribution < -0.4 is 5.32 Å². The van der Waals surface area contributed by atoms with Crippen LogP contribution in [0, 0.1) is 12.7 Å². The second-order valence-corrected chi connectivity index (χ2v) is 3.71. The molecular weight excluding hydrogens is 231 g/mol. The minimum Gasteiger partial charge on any atom is -0.296 e. The van der Waals surface area contributed by atoms with Crippen LogP contribution in [0.1, 0.15) is 16.2 Å². The lowest BCUT2D eigenvalue weighted by Crippen LogP contribution is -2.13. The molecule has 2 heterocycles. The van der Waals surface area contributed by atoms with Crippen molar-refractivity contribution in [2.45, 2.75) is 6.92 Å². The second-order valence-electron chi connectivity index (χ2n) is 2.96. The summed E-state index contributed by atoms with van der Waals surface area (Å²) in [7, 11) is 0. The smallest absolute Gasteiger partial charge is 0.260 e. The van der Waals surface area contributed by atoms with Crippen LogP contribution in [0.4, 0.5) is 9.52 Å². The Morgan fingerprint density at radius 2 is 2.38 bits per heavy atom. The van der Waals surface area contributed by atoms with Crippen LogP contribution in [-0.4, -0.2) is 20.2 Å². The number of anilines is 1. The zero-order valence-corrected chi connectivity index (χ0v) is 9.08.